The van der Waals surface area contributed by atoms with Gasteiger partial charge < -0.3 is 20.9 Å². The Morgan fingerprint density at radius 2 is 2.19 bits per heavy atom. The van der Waals surface area contributed by atoms with Gasteiger partial charge in [-0.2, -0.15) is 0 Å². The van der Waals surface area contributed by atoms with Gasteiger partial charge in [0.25, 0.3) is 0 Å². The van der Waals surface area contributed by atoms with Crippen LogP contribution in [0.25, 0.3) is 0 Å². The lowest BCUT2D eigenvalue weighted by molar-refractivity contribution is -0.119. The van der Waals surface area contributed by atoms with Gasteiger partial charge in [0.1, 0.15) is 0 Å². The Bertz CT molecular complexity index is 605. The van der Waals surface area contributed by atoms with Gasteiger partial charge in [0, 0.05) is 45.8 Å². The first-order valence-corrected chi connectivity index (χ1v) is 9.07. The van der Waals surface area contributed by atoms with Crippen LogP contribution in [0.5, 0.6) is 0 Å². The van der Waals surface area contributed by atoms with E-state index in [1.807, 2.05) is 14.1 Å². The monoisotopic (exact) mass is 473 g/mol. The first-order valence-electron chi connectivity index (χ1n) is 9.07. The average Bonchev–Trinajstić information content (AvgIpc) is 2.58. The molecule has 0 aliphatic carbocycles. The SMILES string of the molecule is CCNC(=NCc1cccc(N(C)C)c1)N1CCCC(CC(N)=O)C1.I. The molecule has 1 amide bonds. The quantitative estimate of drug-likeness (QED) is 0.378. The van der Waals surface area contributed by atoms with Crippen LogP contribution < -0.4 is 16.0 Å². The number of piperidine rings is 1. The second-order valence-electron chi connectivity index (χ2n) is 6.86. The van der Waals surface area contributed by atoms with E-state index >= 15 is 0 Å². The number of amides is 1. The van der Waals surface area contributed by atoms with Crippen molar-refractivity contribution in [2.75, 3.05) is 38.6 Å². The van der Waals surface area contributed by atoms with E-state index < -0.39 is 0 Å². The molecular weight excluding hydrogens is 441 g/mol. The second-order valence-corrected chi connectivity index (χ2v) is 6.86. The fourth-order valence-corrected chi connectivity index (χ4v) is 3.23. The number of likely N-dealkylation sites (tertiary alicyclic amines) is 1. The number of rotatable bonds is 6. The van der Waals surface area contributed by atoms with Crippen molar-refractivity contribution in [1.29, 1.82) is 0 Å². The predicted molar refractivity (Wildman–Crippen MR) is 119 cm³/mol. The van der Waals surface area contributed by atoms with Crippen LogP contribution in [0, 0.1) is 5.92 Å². The summed E-state index contributed by atoms with van der Waals surface area (Å²) in [6, 6.07) is 8.43. The summed E-state index contributed by atoms with van der Waals surface area (Å²) in [6.07, 6.45) is 2.59. The normalized spacial score (nSPS) is 17.4. The molecule has 146 valence electrons. The molecule has 1 aliphatic heterocycles. The van der Waals surface area contributed by atoms with Gasteiger partial charge in [-0.05, 0) is 43.4 Å². The highest BCUT2D eigenvalue weighted by molar-refractivity contribution is 14.0. The number of hydrogen-bond donors (Lipinski definition) is 2. The highest BCUT2D eigenvalue weighted by Crippen LogP contribution is 2.20. The molecule has 0 saturated carbocycles. The molecular formula is C19H32IN5O. The molecule has 7 heteroatoms. The van der Waals surface area contributed by atoms with Crippen molar-refractivity contribution in [2.24, 2.45) is 16.6 Å². The Kier molecular flexibility index (Phi) is 9.75. The Labute approximate surface area is 174 Å². The summed E-state index contributed by atoms with van der Waals surface area (Å²) in [4.78, 5) is 20.4. The fourth-order valence-electron chi connectivity index (χ4n) is 3.23. The van der Waals surface area contributed by atoms with Crippen molar-refractivity contribution in [3.63, 3.8) is 0 Å². The third kappa shape index (κ3) is 7.01. The number of halogens is 1. The molecule has 1 fully saturated rings. The van der Waals surface area contributed by atoms with E-state index in [2.05, 4.69) is 46.3 Å². The zero-order valence-electron chi connectivity index (χ0n) is 16.1. The van der Waals surface area contributed by atoms with E-state index in [-0.39, 0.29) is 29.9 Å². The van der Waals surface area contributed by atoms with Gasteiger partial charge in [0.05, 0.1) is 6.54 Å². The smallest absolute Gasteiger partial charge is 0.217 e. The van der Waals surface area contributed by atoms with Crippen LogP contribution in [0.4, 0.5) is 5.69 Å². The van der Waals surface area contributed by atoms with Crippen LogP contribution >= 0.6 is 24.0 Å². The molecule has 6 nitrogen and oxygen atoms in total. The molecule has 3 N–H and O–H groups in total. The maximum Gasteiger partial charge on any atom is 0.217 e. The fraction of sp³-hybridized carbons (Fsp3) is 0.579. The number of carbonyl (C=O) groups excluding carboxylic acids is 1. The van der Waals surface area contributed by atoms with E-state index in [0.717, 1.165) is 38.4 Å². The van der Waals surface area contributed by atoms with Gasteiger partial charge in [-0.3, -0.25) is 4.79 Å². The molecule has 1 atom stereocenters. The standard InChI is InChI=1S/C19H31N5O.HI/c1-4-21-19(24-10-6-8-16(14-24)12-18(20)25)22-13-15-7-5-9-17(11-15)23(2)3;/h5,7,9,11,16H,4,6,8,10,12-14H2,1-3H3,(H2,20,25)(H,21,22);1H. The van der Waals surface area contributed by atoms with Crippen LogP contribution in [0.2, 0.25) is 0 Å². The van der Waals surface area contributed by atoms with Gasteiger partial charge >= 0.3 is 0 Å². The maximum absolute atomic E-state index is 11.2. The van der Waals surface area contributed by atoms with Crippen LogP contribution in [0.3, 0.4) is 0 Å². The van der Waals surface area contributed by atoms with Gasteiger partial charge in [-0.15, -0.1) is 24.0 Å². The Hall–Kier alpha value is -1.51. The van der Waals surface area contributed by atoms with Crippen molar-refractivity contribution in [3.8, 4) is 0 Å². The molecule has 1 aromatic carbocycles. The second kappa shape index (κ2) is 11.3. The molecule has 0 spiro atoms. The van der Waals surface area contributed by atoms with E-state index in [4.69, 9.17) is 10.7 Å². The summed E-state index contributed by atoms with van der Waals surface area (Å²) in [7, 11) is 4.08. The number of nitrogens with one attached hydrogen (secondary N) is 1. The predicted octanol–water partition coefficient (Wildman–Crippen LogP) is 2.42. The highest BCUT2D eigenvalue weighted by Gasteiger charge is 2.23. The van der Waals surface area contributed by atoms with Gasteiger partial charge in [-0.1, -0.05) is 12.1 Å². The lowest BCUT2D eigenvalue weighted by Gasteiger charge is -2.34. The van der Waals surface area contributed by atoms with Crippen molar-refractivity contribution in [1.82, 2.24) is 10.2 Å². The number of nitrogens with two attached hydrogens (primary N) is 1. The van der Waals surface area contributed by atoms with Crippen LogP contribution in [-0.2, 0) is 11.3 Å². The lowest BCUT2D eigenvalue weighted by Crippen LogP contribution is -2.47. The molecule has 1 heterocycles. The first-order chi connectivity index (χ1) is 12.0. The molecule has 1 unspecified atom stereocenters. The number of hydrogen-bond acceptors (Lipinski definition) is 3. The summed E-state index contributed by atoms with van der Waals surface area (Å²) in [5, 5.41) is 3.38. The van der Waals surface area contributed by atoms with Gasteiger partial charge in [0.15, 0.2) is 5.96 Å². The van der Waals surface area contributed by atoms with Crippen molar-refractivity contribution in [3.05, 3.63) is 29.8 Å². The van der Waals surface area contributed by atoms with E-state index in [1.165, 1.54) is 11.3 Å². The third-order valence-corrected chi connectivity index (χ3v) is 4.48. The average molecular weight is 473 g/mol. The minimum Gasteiger partial charge on any atom is -0.378 e. The van der Waals surface area contributed by atoms with Crippen LogP contribution in [0.1, 0.15) is 31.7 Å². The molecule has 1 aromatic rings. The molecule has 26 heavy (non-hydrogen) atoms. The summed E-state index contributed by atoms with van der Waals surface area (Å²) in [5.74, 6) is 1.04. The molecule has 0 radical (unpaired) electrons. The summed E-state index contributed by atoms with van der Waals surface area (Å²) >= 11 is 0. The number of anilines is 1. The largest absolute Gasteiger partial charge is 0.378 e. The Balaban J connectivity index is 0.00000338. The topological polar surface area (TPSA) is 74.0 Å². The molecule has 2 rings (SSSR count). The molecule has 1 aliphatic rings. The molecule has 0 aromatic heterocycles. The Morgan fingerprint density at radius 1 is 1.42 bits per heavy atom. The van der Waals surface area contributed by atoms with Gasteiger partial charge in [0.2, 0.25) is 5.91 Å². The van der Waals surface area contributed by atoms with Crippen molar-refractivity contribution < 1.29 is 4.79 Å². The summed E-state index contributed by atoms with van der Waals surface area (Å²) in [5.41, 5.74) is 7.73. The van der Waals surface area contributed by atoms with Gasteiger partial charge in [-0.25, -0.2) is 4.99 Å². The number of guanidine groups is 1. The van der Waals surface area contributed by atoms with Crippen molar-refractivity contribution >= 4 is 41.5 Å². The number of primary amides is 1. The number of nitrogens with zero attached hydrogens (tertiary/aromatic N) is 3. The number of benzene rings is 1. The Morgan fingerprint density at radius 3 is 2.85 bits per heavy atom. The highest BCUT2D eigenvalue weighted by atomic mass is 127. The zero-order valence-corrected chi connectivity index (χ0v) is 18.4. The van der Waals surface area contributed by atoms with Crippen LogP contribution in [-0.4, -0.2) is 50.5 Å². The van der Waals surface area contributed by atoms with E-state index in [1.54, 1.807) is 0 Å². The van der Waals surface area contributed by atoms with E-state index in [0.29, 0.717) is 18.9 Å². The zero-order chi connectivity index (χ0) is 18.2. The van der Waals surface area contributed by atoms with Crippen molar-refractivity contribution in [2.45, 2.75) is 32.7 Å². The maximum atomic E-state index is 11.2. The summed E-state index contributed by atoms with van der Waals surface area (Å²) < 4.78 is 0. The first kappa shape index (κ1) is 22.5. The third-order valence-electron chi connectivity index (χ3n) is 4.48. The number of aliphatic imine (C=N–C) groups is 1. The number of carbonyl (C=O) groups is 1. The summed E-state index contributed by atoms with van der Waals surface area (Å²) in [6.45, 7) is 5.35. The van der Waals surface area contributed by atoms with E-state index in [9.17, 15) is 4.79 Å². The molecule has 0 bridgehead atoms. The molecule has 1 saturated heterocycles. The lowest BCUT2D eigenvalue weighted by atomic mass is 9.95. The minimum atomic E-state index is -0.214. The van der Waals surface area contributed by atoms with Crippen LogP contribution in [0.15, 0.2) is 29.3 Å². The minimum absolute atomic E-state index is 0.